The molecule has 10 heteroatoms. The molecule has 0 aliphatic carbocycles. The molecular weight excluding hydrogens is 606 g/mol. The van der Waals surface area contributed by atoms with E-state index < -0.39 is 6.15 Å². The van der Waals surface area contributed by atoms with Gasteiger partial charge in [-0.15, -0.1) is 0 Å². The Kier molecular flexibility index (Phi) is 9.97. The predicted molar refractivity (Wildman–Crippen MR) is 150 cm³/mol. The van der Waals surface area contributed by atoms with Crippen LogP contribution >= 0.6 is 92.8 Å². The summed E-state index contributed by atoms with van der Waals surface area (Å²) in [7, 11) is 0. The van der Waals surface area contributed by atoms with Crippen LogP contribution in [0.1, 0.15) is 0 Å². The Bertz CT molecular complexity index is 1080. The van der Waals surface area contributed by atoms with E-state index in [9.17, 15) is 0 Å². The Labute approximate surface area is 260 Å². The van der Waals surface area contributed by atoms with E-state index in [2.05, 4.69) is 0 Å². The Balaban J connectivity index is 0.00000324. The van der Waals surface area contributed by atoms with Crippen LogP contribution in [0.5, 0.6) is 0 Å². The zero-order valence-electron chi connectivity index (χ0n) is 17.5. The van der Waals surface area contributed by atoms with Crippen LogP contribution in [0.3, 0.4) is 0 Å². The first-order chi connectivity index (χ1) is 15.6. The molecule has 0 aliphatic heterocycles. The van der Waals surface area contributed by atoms with Gasteiger partial charge in [0.05, 0.1) is 0 Å². The van der Waals surface area contributed by atoms with Crippen molar-refractivity contribution in [1.29, 1.82) is 0 Å². The van der Waals surface area contributed by atoms with Gasteiger partial charge in [0, 0.05) is 40.2 Å². The first-order valence-corrected chi connectivity index (χ1v) is 12.6. The fraction of sp³-hybridized carbons (Fsp3) is 0. The molecule has 4 aromatic carbocycles. The normalized spacial score (nSPS) is 11.3. The van der Waals surface area contributed by atoms with Gasteiger partial charge < -0.3 is 0 Å². The molecule has 4 rings (SSSR count). The van der Waals surface area contributed by atoms with Gasteiger partial charge in [-0.1, -0.05) is 141 Å². The van der Waals surface area contributed by atoms with E-state index in [0.29, 0.717) is 40.2 Å². The standard InChI is InChI=1S/C24H12BCl8.Na/c26-17-1-13(2-18(27)9-17)25(14-3-19(28)10-20(29)4-14,15-5-21(30)11-22(31)6-15)16-7-23(32)12-24(33)8-16;/h1-12H;/q-1;+1. The molecule has 0 heterocycles. The van der Waals surface area contributed by atoms with Crippen LogP contribution in [0.15, 0.2) is 72.8 Å². The monoisotopic (exact) mass is 614 g/mol. The smallest absolute Gasteiger partial charge is 0.192 e. The summed E-state index contributed by atoms with van der Waals surface area (Å²) >= 11 is 51.8. The summed E-state index contributed by atoms with van der Waals surface area (Å²) in [4.78, 5) is 0. The molecule has 0 nitrogen and oxygen atoms in total. The average molecular weight is 618 g/mol. The van der Waals surface area contributed by atoms with Crippen molar-refractivity contribution in [2.75, 3.05) is 0 Å². The van der Waals surface area contributed by atoms with Gasteiger partial charge >= 0.3 is 29.6 Å². The van der Waals surface area contributed by atoms with E-state index in [1.54, 1.807) is 24.3 Å². The fourth-order valence-electron chi connectivity index (χ4n) is 4.46. The summed E-state index contributed by atoms with van der Waals surface area (Å²) in [6.45, 7) is 0. The molecule has 0 radical (unpaired) electrons. The zero-order chi connectivity index (χ0) is 23.9. The second-order valence-electron chi connectivity index (χ2n) is 7.68. The molecule has 4 aromatic rings. The van der Waals surface area contributed by atoms with Crippen LogP contribution in [-0.2, 0) is 0 Å². The van der Waals surface area contributed by atoms with Crippen LogP contribution in [0, 0.1) is 0 Å². The number of benzene rings is 4. The minimum atomic E-state index is -2.04. The van der Waals surface area contributed by atoms with Gasteiger partial charge in [0.15, 0.2) is 0 Å². The molecule has 34 heavy (non-hydrogen) atoms. The molecule has 168 valence electrons. The van der Waals surface area contributed by atoms with Crippen molar-refractivity contribution in [2.24, 2.45) is 0 Å². The first-order valence-electron chi connectivity index (χ1n) is 9.59. The number of hydrogen-bond donors (Lipinski definition) is 0. The SMILES string of the molecule is Clc1cc(Cl)cc([B-](c2cc(Cl)cc(Cl)c2)(c2cc(Cl)cc(Cl)c2)c2cc(Cl)cc(Cl)c2)c1.[Na+]. The van der Waals surface area contributed by atoms with Gasteiger partial charge in [-0.25, -0.2) is 0 Å². The Morgan fingerprint density at radius 2 is 0.441 bits per heavy atom. The summed E-state index contributed by atoms with van der Waals surface area (Å²) in [5.74, 6) is 0. The topological polar surface area (TPSA) is 0 Å². The number of hydrogen-bond acceptors (Lipinski definition) is 0. The maximum atomic E-state index is 6.48. The quantitative estimate of drug-likeness (QED) is 0.273. The Morgan fingerprint density at radius 3 is 0.588 bits per heavy atom. The molecule has 0 N–H and O–H groups in total. The van der Waals surface area contributed by atoms with E-state index in [0.717, 1.165) is 21.9 Å². The van der Waals surface area contributed by atoms with Crippen molar-refractivity contribution in [2.45, 2.75) is 0 Å². The average Bonchev–Trinajstić information content (AvgIpc) is 2.65. The van der Waals surface area contributed by atoms with E-state index in [1.807, 2.05) is 48.5 Å². The first kappa shape index (κ1) is 28.8. The van der Waals surface area contributed by atoms with Crippen molar-refractivity contribution >= 4 is 121 Å². The minimum absolute atomic E-state index is 0. The minimum Gasteiger partial charge on any atom is -0.192 e. The van der Waals surface area contributed by atoms with Gasteiger partial charge in [-0.05, 0) is 24.3 Å². The molecule has 0 saturated carbocycles. The third-order valence-corrected chi connectivity index (χ3v) is 7.29. The van der Waals surface area contributed by atoms with Crippen LogP contribution in [0.4, 0.5) is 0 Å². The second-order valence-corrected chi connectivity index (χ2v) is 11.2. The number of rotatable bonds is 4. The predicted octanol–water partition coefficient (Wildman–Crippen LogP) is 5.30. The van der Waals surface area contributed by atoms with Crippen molar-refractivity contribution in [3.8, 4) is 0 Å². The molecule has 0 atom stereocenters. The van der Waals surface area contributed by atoms with Crippen molar-refractivity contribution in [3.63, 3.8) is 0 Å². The second kappa shape index (κ2) is 11.8. The van der Waals surface area contributed by atoms with Crippen LogP contribution in [0.2, 0.25) is 40.2 Å². The van der Waals surface area contributed by atoms with Gasteiger partial charge in [-0.2, -0.15) is 21.9 Å². The summed E-state index contributed by atoms with van der Waals surface area (Å²) < 4.78 is 0. The van der Waals surface area contributed by atoms with Crippen molar-refractivity contribution in [1.82, 2.24) is 0 Å². The molecule has 0 aromatic heterocycles. The molecule has 0 unspecified atom stereocenters. The molecule has 0 aliphatic rings. The zero-order valence-corrected chi connectivity index (χ0v) is 25.6. The summed E-state index contributed by atoms with van der Waals surface area (Å²) in [5, 5.41) is 3.65. The molecule has 0 bridgehead atoms. The van der Waals surface area contributed by atoms with E-state index in [1.165, 1.54) is 0 Å². The van der Waals surface area contributed by atoms with Gasteiger partial charge in [0.25, 0.3) is 0 Å². The van der Waals surface area contributed by atoms with Gasteiger partial charge in [0.2, 0.25) is 0 Å². The van der Waals surface area contributed by atoms with Gasteiger partial charge in [0.1, 0.15) is 6.15 Å². The maximum Gasteiger partial charge on any atom is 1.00 e. The van der Waals surface area contributed by atoms with Gasteiger partial charge in [-0.3, -0.25) is 0 Å². The van der Waals surface area contributed by atoms with Crippen LogP contribution in [0.25, 0.3) is 0 Å². The molecule has 0 spiro atoms. The van der Waals surface area contributed by atoms with Crippen LogP contribution in [-0.4, -0.2) is 6.15 Å². The third-order valence-electron chi connectivity index (χ3n) is 5.54. The summed E-state index contributed by atoms with van der Waals surface area (Å²) in [6, 6.07) is 21.4. The molecular formula is C24H12BCl8Na. The van der Waals surface area contributed by atoms with E-state index >= 15 is 0 Å². The molecule has 0 saturated heterocycles. The summed E-state index contributed by atoms with van der Waals surface area (Å²) in [5.41, 5.74) is 3.12. The molecule has 0 amide bonds. The van der Waals surface area contributed by atoms with E-state index in [-0.39, 0.29) is 29.6 Å². The third kappa shape index (κ3) is 6.04. The largest absolute Gasteiger partial charge is 1.00 e. The van der Waals surface area contributed by atoms with Crippen molar-refractivity contribution < 1.29 is 29.6 Å². The molecule has 0 fully saturated rings. The maximum absolute atomic E-state index is 6.48. The summed E-state index contributed by atoms with van der Waals surface area (Å²) in [6.07, 6.45) is -2.04. The number of halogens is 8. The van der Waals surface area contributed by atoms with Crippen LogP contribution < -0.4 is 51.4 Å². The Hall–Kier alpha value is 0.265. The fourth-order valence-corrected chi connectivity index (χ4v) is 6.63. The van der Waals surface area contributed by atoms with Crippen molar-refractivity contribution in [3.05, 3.63) is 113 Å². The van der Waals surface area contributed by atoms with E-state index in [4.69, 9.17) is 92.8 Å². The Morgan fingerprint density at radius 1 is 0.294 bits per heavy atom.